The third kappa shape index (κ3) is 3.05. The molecule has 1 saturated heterocycles. The van der Waals surface area contributed by atoms with Crippen LogP contribution in [0.5, 0.6) is 11.5 Å². The number of carbonyl (C=O) groups is 1. The lowest BCUT2D eigenvalue weighted by Crippen LogP contribution is -2.30. The second kappa shape index (κ2) is 7.14. The number of phenolic OH excluding ortho intramolecular Hbond substituents is 1. The Morgan fingerprint density at radius 3 is 2.76 bits per heavy atom. The highest BCUT2D eigenvalue weighted by atomic mass is 16.5. The summed E-state index contributed by atoms with van der Waals surface area (Å²) in [6, 6.07) is 11.8. The number of ether oxygens (including phenoxy) is 1. The Hall–Kier alpha value is -2.95. The van der Waals surface area contributed by atoms with Crippen molar-refractivity contribution < 1.29 is 14.6 Å². The van der Waals surface area contributed by atoms with E-state index in [4.69, 9.17) is 4.74 Å². The van der Waals surface area contributed by atoms with Gasteiger partial charge in [0.1, 0.15) is 0 Å². The number of fused-ring (bicyclic) bond motifs is 3. The van der Waals surface area contributed by atoms with E-state index in [1.807, 2.05) is 29.2 Å². The number of carbonyl (C=O) groups excluding carboxylic acids is 1. The molecule has 1 fully saturated rings. The SMILES string of the molecule is COc1ccc(C2Nc3ccc(C(=O)N4CCCC4)cc3C3C=CCC32)cc1O. The molecule has 3 aliphatic rings. The van der Waals surface area contributed by atoms with Gasteiger partial charge in [-0.3, -0.25) is 4.79 Å². The first kappa shape index (κ1) is 18.1. The molecule has 150 valence electrons. The topological polar surface area (TPSA) is 61.8 Å². The molecule has 2 heterocycles. The normalized spacial score (nSPS) is 24.7. The maximum Gasteiger partial charge on any atom is 0.253 e. The Morgan fingerprint density at radius 1 is 1.17 bits per heavy atom. The summed E-state index contributed by atoms with van der Waals surface area (Å²) in [5.74, 6) is 1.41. The van der Waals surface area contributed by atoms with Crippen LogP contribution < -0.4 is 10.1 Å². The van der Waals surface area contributed by atoms with Crippen molar-refractivity contribution in [2.24, 2.45) is 5.92 Å². The molecule has 5 rings (SSSR count). The maximum absolute atomic E-state index is 12.9. The van der Waals surface area contributed by atoms with E-state index in [1.165, 1.54) is 5.56 Å². The lowest BCUT2D eigenvalue weighted by Gasteiger charge is -2.38. The summed E-state index contributed by atoms with van der Waals surface area (Å²) in [4.78, 5) is 14.8. The number of nitrogens with zero attached hydrogens (tertiary/aromatic N) is 1. The molecule has 2 aromatic carbocycles. The number of methoxy groups -OCH3 is 1. The van der Waals surface area contributed by atoms with Gasteiger partial charge < -0.3 is 20.1 Å². The number of benzene rings is 2. The van der Waals surface area contributed by atoms with Crippen molar-refractivity contribution in [1.29, 1.82) is 0 Å². The number of aromatic hydroxyl groups is 1. The molecule has 29 heavy (non-hydrogen) atoms. The number of allylic oxidation sites excluding steroid dienone is 2. The highest BCUT2D eigenvalue weighted by Crippen LogP contribution is 2.50. The monoisotopic (exact) mass is 390 g/mol. The summed E-state index contributed by atoms with van der Waals surface area (Å²) < 4.78 is 5.19. The van der Waals surface area contributed by atoms with Gasteiger partial charge >= 0.3 is 0 Å². The minimum absolute atomic E-state index is 0.0967. The average Bonchev–Trinajstić information content (AvgIpc) is 3.44. The van der Waals surface area contributed by atoms with Gasteiger partial charge in [-0.1, -0.05) is 18.2 Å². The van der Waals surface area contributed by atoms with Crippen LogP contribution in [0.15, 0.2) is 48.6 Å². The van der Waals surface area contributed by atoms with Gasteiger partial charge in [0.15, 0.2) is 11.5 Å². The highest BCUT2D eigenvalue weighted by molar-refractivity contribution is 5.95. The van der Waals surface area contributed by atoms with Crippen LogP contribution in [0.2, 0.25) is 0 Å². The molecule has 3 atom stereocenters. The number of rotatable bonds is 3. The second-order valence-electron chi connectivity index (χ2n) is 8.21. The first-order chi connectivity index (χ1) is 14.2. The summed E-state index contributed by atoms with van der Waals surface area (Å²) in [6.07, 6.45) is 7.67. The number of phenols is 1. The van der Waals surface area contributed by atoms with Gasteiger partial charge in [-0.2, -0.15) is 0 Å². The largest absolute Gasteiger partial charge is 0.504 e. The molecular formula is C24H26N2O3. The third-order valence-corrected chi connectivity index (χ3v) is 6.57. The molecule has 2 N–H and O–H groups in total. The molecule has 1 amide bonds. The van der Waals surface area contributed by atoms with E-state index in [0.717, 1.165) is 49.2 Å². The fourth-order valence-electron chi connectivity index (χ4n) is 5.06. The number of likely N-dealkylation sites (tertiary alicyclic amines) is 1. The summed E-state index contributed by atoms with van der Waals surface area (Å²) >= 11 is 0. The quantitative estimate of drug-likeness (QED) is 0.760. The number of amides is 1. The number of hydrogen-bond acceptors (Lipinski definition) is 4. The van der Waals surface area contributed by atoms with Crippen LogP contribution in [0, 0.1) is 5.92 Å². The van der Waals surface area contributed by atoms with Gasteiger partial charge in [0, 0.05) is 30.3 Å². The van der Waals surface area contributed by atoms with Gasteiger partial charge in [-0.05, 0) is 66.6 Å². The molecule has 2 aliphatic heterocycles. The van der Waals surface area contributed by atoms with Gasteiger partial charge in [0.25, 0.3) is 5.91 Å². The summed E-state index contributed by atoms with van der Waals surface area (Å²) in [6.45, 7) is 1.73. The van der Waals surface area contributed by atoms with Gasteiger partial charge in [0.05, 0.1) is 13.2 Å². The van der Waals surface area contributed by atoms with Gasteiger partial charge in [-0.15, -0.1) is 0 Å². The van der Waals surface area contributed by atoms with E-state index >= 15 is 0 Å². The lowest BCUT2D eigenvalue weighted by molar-refractivity contribution is 0.0792. The first-order valence-electron chi connectivity index (χ1n) is 10.4. The fraction of sp³-hybridized carbons (Fsp3) is 0.375. The van der Waals surface area contributed by atoms with Crippen LogP contribution in [0.3, 0.4) is 0 Å². The fourth-order valence-corrected chi connectivity index (χ4v) is 5.06. The van der Waals surface area contributed by atoms with Crippen molar-refractivity contribution in [3.05, 3.63) is 65.2 Å². The number of nitrogens with one attached hydrogen (secondary N) is 1. The Labute approximate surface area is 171 Å². The molecule has 5 heteroatoms. The van der Waals surface area contributed by atoms with Crippen LogP contribution in [-0.2, 0) is 0 Å². The third-order valence-electron chi connectivity index (χ3n) is 6.57. The summed E-state index contributed by atoms with van der Waals surface area (Å²) in [5, 5.41) is 13.9. The molecule has 5 nitrogen and oxygen atoms in total. The number of hydrogen-bond donors (Lipinski definition) is 2. The van der Waals surface area contributed by atoms with Crippen molar-refractivity contribution in [2.75, 3.05) is 25.5 Å². The minimum atomic E-state index is 0.0967. The minimum Gasteiger partial charge on any atom is -0.504 e. The van der Waals surface area contributed by atoms with Gasteiger partial charge in [-0.25, -0.2) is 0 Å². The molecule has 1 aliphatic carbocycles. The second-order valence-corrected chi connectivity index (χ2v) is 8.21. The van der Waals surface area contributed by atoms with Crippen LogP contribution >= 0.6 is 0 Å². The summed E-state index contributed by atoms with van der Waals surface area (Å²) in [7, 11) is 1.56. The molecule has 0 spiro atoms. The zero-order valence-electron chi connectivity index (χ0n) is 16.6. The Bertz CT molecular complexity index is 978. The van der Waals surface area contributed by atoms with Crippen molar-refractivity contribution in [3.8, 4) is 11.5 Å². The Balaban J connectivity index is 1.48. The predicted molar refractivity (Wildman–Crippen MR) is 113 cm³/mol. The van der Waals surface area contributed by atoms with E-state index in [1.54, 1.807) is 13.2 Å². The molecular weight excluding hydrogens is 364 g/mol. The molecule has 0 aromatic heterocycles. The van der Waals surface area contributed by atoms with Gasteiger partial charge in [0.2, 0.25) is 0 Å². The predicted octanol–water partition coefficient (Wildman–Crippen LogP) is 4.46. The van der Waals surface area contributed by atoms with E-state index in [0.29, 0.717) is 11.7 Å². The van der Waals surface area contributed by atoms with Crippen LogP contribution in [0.25, 0.3) is 0 Å². The average molecular weight is 390 g/mol. The molecule has 3 unspecified atom stereocenters. The van der Waals surface area contributed by atoms with Crippen molar-refractivity contribution in [1.82, 2.24) is 4.90 Å². The zero-order valence-corrected chi connectivity index (χ0v) is 16.6. The molecule has 0 radical (unpaired) electrons. The number of anilines is 1. The van der Waals surface area contributed by atoms with Crippen molar-refractivity contribution >= 4 is 11.6 Å². The lowest BCUT2D eigenvalue weighted by atomic mass is 9.76. The Kier molecular flexibility index (Phi) is 4.46. The van der Waals surface area contributed by atoms with Crippen molar-refractivity contribution in [2.45, 2.75) is 31.2 Å². The van der Waals surface area contributed by atoms with E-state index < -0.39 is 0 Å². The maximum atomic E-state index is 12.9. The summed E-state index contributed by atoms with van der Waals surface area (Å²) in [5.41, 5.74) is 4.09. The molecule has 0 saturated carbocycles. The van der Waals surface area contributed by atoms with E-state index in [9.17, 15) is 9.90 Å². The van der Waals surface area contributed by atoms with Crippen LogP contribution in [0.1, 0.15) is 52.7 Å². The standard InChI is InChI=1S/C24H26N2O3/c1-29-22-10-8-15(14-21(22)27)23-18-6-4-5-17(18)19-13-16(7-9-20(19)25-23)24(28)26-11-2-3-12-26/h4-5,7-10,13-14,17-18,23,25,27H,2-3,6,11-12H2,1H3. The smallest absolute Gasteiger partial charge is 0.253 e. The molecule has 2 aromatic rings. The highest BCUT2D eigenvalue weighted by Gasteiger charge is 2.38. The van der Waals surface area contributed by atoms with E-state index in [-0.39, 0.29) is 23.6 Å². The van der Waals surface area contributed by atoms with Crippen molar-refractivity contribution in [3.63, 3.8) is 0 Å². The van der Waals surface area contributed by atoms with Crippen LogP contribution in [0.4, 0.5) is 5.69 Å². The first-order valence-corrected chi connectivity index (χ1v) is 10.4. The van der Waals surface area contributed by atoms with Crippen LogP contribution in [-0.4, -0.2) is 36.1 Å². The van der Waals surface area contributed by atoms with E-state index in [2.05, 4.69) is 23.5 Å². The zero-order chi connectivity index (χ0) is 20.0. The Morgan fingerprint density at radius 2 is 2.00 bits per heavy atom. The molecule has 0 bridgehead atoms.